The third-order valence-corrected chi connectivity index (χ3v) is 6.77. The Labute approximate surface area is 143 Å². The van der Waals surface area contributed by atoms with Crippen LogP contribution in [0.3, 0.4) is 0 Å². The molecule has 1 aromatic heterocycles. The molecule has 2 aliphatic heterocycles. The molecule has 134 valence electrons. The van der Waals surface area contributed by atoms with E-state index in [0.717, 1.165) is 49.2 Å². The summed E-state index contributed by atoms with van der Waals surface area (Å²) in [6.45, 7) is 7.17. The van der Waals surface area contributed by atoms with Gasteiger partial charge in [-0.3, -0.25) is 4.98 Å². The van der Waals surface area contributed by atoms with E-state index < -0.39 is 23.0 Å². The summed E-state index contributed by atoms with van der Waals surface area (Å²) in [5, 5.41) is 0. The highest BCUT2D eigenvalue weighted by Crippen LogP contribution is 2.42. The Morgan fingerprint density at radius 2 is 2.00 bits per heavy atom. The molecule has 1 spiro atoms. The van der Waals surface area contributed by atoms with Crippen molar-refractivity contribution >= 4 is 11.2 Å². The van der Waals surface area contributed by atoms with Crippen molar-refractivity contribution in [3.05, 3.63) is 29.6 Å². The van der Waals surface area contributed by atoms with E-state index >= 15 is 0 Å². The summed E-state index contributed by atoms with van der Waals surface area (Å²) < 4.78 is 49.1. The largest absolute Gasteiger partial charge is 0.616 e. The molecule has 3 nitrogen and oxygen atoms in total. The number of halogens is 3. The minimum Gasteiger partial charge on any atom is -0.616 e. The lowest BCUT2D eigenvalue weighted by molar-refractivity contribution is -0.141. The van der Waals surface area contributed by atoms with E-state index in [0.29, 0.717) is 6.42 Å². The number of rotatable bonds is 4. The van der Waals surface area contributed by atoms with Gasteiger partial charge in [0.05, 0.1) is 5.41 Å². The lowest BCUT2D eigenvalue weighted by Crippen LogP contribution is -2.50. The van der Waals surface area contributed by atoms with Crippen LogP contribution in [0.15, 0.2) is 18.3 Å². The van der Waals surface area contributed by atoms with E-state index in [2.05, 4.69) is 23.7 Å². The van der Waals surface area contributed by atoms with Gasteiger partial charge in [-0.1, -0.05) is 31.1 Å². The molecule has 0 amide bonds. The molecule has 0 N–H and O–H groups in total. The fourth-order valence-corrected chi connectivity index (χ4v) is 5.70. The van der Waals surface area contributed by atoms with Crippen molar-refractivity contribution in [3.63, 3.8) is 0 Å². The van der Waals surface area contributed by atoms with Crippen molar-refractivity contribution in [1.29, 1.82) is 0 Å². The van der Waals surface area contributed by atoms with Gasteiger partial charge in [0.2, 0.25) is 0 Å². The predicted octanol–water partition coefficient (Wildman–Crippen LogP) is 3.12. The molecule has 3 rings (SSSR count). The van der Waals surface area contributed by atoms with Gasteiger partial charge in [0, 0.05) is 19.3 Å². The van der Waals surface area contributed by atoms with Crippen molar-refractivity contribution in [1.82, 2.24) is 9.88 Å². The molecule has 3 heterocycles. The first-order valence-corrected chi connectivity index (χ1v) is 9.65. The Kier molecular flexibility index (Phi) is 4.64. The van der Waals surface area contributed by atoms with Crippen molar-refractivity contribution in [3.8, 4) is 0 Å². The van der Waals surface area contributed by atoms with Crippen LogP contribution in [0.25, 0.3) is 0 Å². The molecule has 2 saturated heterocycles. The highest BCUT2D eigenvalue weighted by Gasteiger charge is 2.52. The number of alkyl halides is 3. The molecular weight excluding hydrogens is 337 g/mol. The first-order valence-electron chi connectivity index (χ1n) is 8.17. The third kappa shape index (κ3) is 4.06. The molecule has 2 fully saturated rings. The lowest BCUT2D eigenvalue weighted by atomic mass is 9.85. The van der Waals surface area contributed by atoms with Crippen LogP contribution < -0.4 is 0 Å². The molecule has 7 heteroatoms. The highest BCUT2D eigenvalue weighted by molar-refractivity contribution is 7.92. The first-order chi connectivity index (χ1) is 11.1. The van der Waals surface area contributed by atoms with E-state index in [1.807, 2.05) is 0 Å². The van der Waals surface area contributed by atoms with Gasteiger partial charge >= 0.3 is 6.18 Å². The van der Waals surface area contributed by atoms with E-state index in [4.69, 9.17) is 0 Å². The molecule has 0 aliphatic carbocycles. The molecule has 1 aromatic rings. The van der Waals surface area contributed by atoms with E-state index in [1.54, 1.807) is 0 Å². The Hall–Kier alpha value is -0.790. The minimum absolute atomic E-state index is 0.0458. The van der Waals surface area contributed by atoms with Gasteiger partial charge in [-0.2, -0.15) is 13.2 Å². The molecular formula is C17H23F3N2OS. The smallest absolute Gasteiger partial charge is 0.433 e. The second-order valence-electron chi connectivity index (χ2n) is 8.08. The SMILES string of the molecule is CC(C)(Cc1ccc(C(F)(F)F)nc1)CN1CCC2(C1)C[S+]([O-])C2. The summed E-state index contributed by atoms with van der Waals surface area (Å²) in [7, 11) is 0. The molecule has 0 radical (unpaired) electrons. The van der Waals surface area contributed by atoms with E-state index in [-0.39, 0.29) is 10.8 Å². The van der Waals surface area contributed by atoms with Crippen molar-refractivity contribution in [2.75, 3.05) is 31.1 Å². The fraction of sp³-hybridized carbons (Fsp3) is 0.706. The summed E-state index contributed by atoms with van der Waals surface area (Å²) >= 11 is -0.627. The second-order valence-corrected chi connectivity index (χ2v) is 9.54. The van der Waals surface area contributed by atoms with Crippen molar-refractivity contribution < 1.29 is 17.7 Å². The van der Waals surface area contributed by atoms with Crippen LogP contribution in [0.4, 0.5) is 13.2 Å². The van der Waals surface area contributed by atoms with Gasteiger partial charge in [0.15, 0.2) is 0 Å². The number of likely N-dealkylation sites (tertiary alicyclic amines) is 1. The molecule has 0 saturated carbocycles. The molecule has 0 unspecified atom stereocenters. The molecule has 0 bridgehead atoms. The predicted molar refractivity (Wildman–Crippen MR) is 88.1 cm³/mol. The van der Waals surface area contributed by atoms with Crippen LogP contribution in [0.5, 0.6) is 0 Å². The van der Waals surface area contributed by atoms with Crippen LogP contribution in [0.2, 0.25) is 0 Å². The maximum Gasteiger partial charge on any atom is 0.433 e. The summed E-state index contributed by atoms with van der Waals surface area (Å²) in [5.74, 6) is 1.65. The van der Waals surface area contributed by atoms with Crippen LogP contribution in [0.1, 0.15) is 31.5 Å². The Morgan fingerprint density at radius 3 is 2.54 bits per heavy atom. The summed E-state index contributed by atoms with van der Waals surface area (Å²) in [6.07, 6.45) is -1.25. The molecule has 2 aliphatic rings. The maximum atomic E-state index is 12.6. The third-order valence-electron chi connectivity index (χ3n) is 4.90. The van der Waals surface area contributed by atoms with Gasteiger partial charge in [-0.15, -0.1) is 0 Å². The number of hydrogen-bond acceptors (Lipinski definition) is 3. The fourth-order valence-electron chi connectivity index (χ4n) is 3.95. The van der Waals surface area contributed by atoms with Gasteiger partial charge in [0.25, 0.3) is 0 Å². The zero-order valence-electron chi connectivity index (χ0n) is 14.0. The number of pyridine rings is 1. The molecule has 0 aromatic carbocycles. The number of hydrogen-bond donors (Lipinski definition) is 0. The molecule has 24 heavy (non-hydrogen) atoms. The number of aromatic nitrogens is 1. The second kappa shape index (κ2) is 6.18. The topological polar surface area (TPSA) is 39.2 Å². The zero-order chi connectivity index (χ0) is 17.6. The van der Waals surface area contributed by atoms with Gasteiger partial charge < -0.3 is 9.45 Å². The average molecular weight is 360 g/mol. The summed E-state index contributed by atoms with van der Waals surface area (Å²) in [5.41, 5.74) is 0.197. The van der Waals surface area contributed by atoms with E-state index in [1.165, 1.54) is 12.3 Å². The maximum absolute atomic E-state index is 12.6. The summed E-state index contributed by atoms with van der Waals surface area (Å²) in [4.78, 5) is 5.96. The van der Waals surface area contributed by atoms with Crippen molar-refractivity contribution in [2.45, 2.75) is 32.9 Å². The Balaban J connectivity index is 1.56. The van der Waals surface area contributed by atoms with Crippen LogP contribution in [0, 0.1) is 10.8 Å². The van der Waals surface area contributed by atoms with Crippen LogP contribution in [-0.4, -0.2) is 45.6 Å². The minimum atomic E-state index is -4.39. The quantitative estimate of drug-likeness (QED) is 0.775. The van der Waals surface area contributed by atoms with Crippen molar-refractivity contribution in [2.24, 2.45) is 10.8 Å². The van der Waals surface area contributed by atoms with Gasteiger partial charge in [0.1, 0.15) is 17.2 Å². The Morgan fingerprint density at radius 1 is 1.29 bits per heavy atom. The van der Waals surface area contributed by atoms with Crippen LogP contribution in [-0.2, 0) is 23.8 Å². The normalized spacial score (nSPS) is 28.3. The van der Waals surface area contributed by atoms with Gasteiger partial charge in [-0.05, 0) is 36.4 Å². The average Bonchev–Trinajstić information content (AvgIpc) is 2.80. The monoisotopic (exact) mass is 360 g/mol. The highest BCUT2D eigenvalue weighted by atomic mass is 32.2. The van der Waals surface area contributed by atoms with E-state index in [9.17, 15) is 17.7 Å². The lowest BCUT2D eigenvalue weighted by Gasteiger charge is -2.39. The molecule has 0 atom stereocenters. The van der Waals surface area contributed by atoms with Crippen LogP contribution >= 0.6 is 0 Å². The first kappa shape index (κ1) is 18.0. The summed E-state index contributed by atoms with van der Waals surface area (Å²) in [6, 6.07) is 2.58. The Bertz CT molecular complexity index is 582. The number of nitrogens with zero attached hydrogens (tertiary/aromatic N) is 2. The van der Waals surface area contributed by atoms with Gasteiger partial charge in [-0.25, -0.2) is 0 Å². The zero-order valence-corrected chi connectivity index (χ0v) is 14.8. The standard InChI is InChI=1S/C17H23F3N2OS/c1-15(2,7-13-3-4-14(21-8-13)17(18,19)20)9-22-6-5-16(10-22)11-24(23)12-16/h3-4,8H,5-7,9-12H2,1-2H3.